The van der Waals surface area contributed by atoms with Crippen molar-refractivity contribution in [2.75, 3.05) is 18.9 Å². The lowest BCUT2D eigenvalue weighted by atomic mass is 9.74. The van der Waals surface area contributed by atoms with Gasteiger partial charge in [-0.25, -0.2) is 9.97 Å². The van der Waals surface area contributed by atoms with Crippen LogP contribution in [0.5, 0.6) is 0 Å². The molecule has 4 N–H and O–H groups in total. The van der Waals surface area contributed by atoms with Crippen LogP contribution in [-0.4, -0.2) is 55.9 Å². The van der Waals surface area contributed by atoms with E-state index < -0.39 is 29.8 Å². The number of aromatic nitrogens is 2. The molecule has 5 atom stereocenters. The maximum Gasteiger partial charge on any atom is 0.203 e. The predicted octanol–water partition coefficient (Wildman–Crippen LogP) is 0.331. The Morgan fingerprint density at radius 1 is 1.67 bits per heavy atom. The van der Waals surface area contributed by atoms with Gasteiger partial charge in [0, 0.05) is 16.1 Å². The minimum atomic E-state index is -1.85. The lowest BCUT2D eigenvalue weighted by Gasteiger charge is -2.36. The molecule has 2 aliphatic heterocycles. The minimum absolute atomic E-state index is 0.157. The van der Waals surface area contributed by atoms with E-state index in [0.29, 0.717) is 16.4 Å². The fraction of sp³-hybridized carbons (Fsp3) is 0.615. The molecule has 0 aliphatic carbocycles. The number of fused-ring (bicyclic) bond motifs is 1. The zero-order valence-corrected chi connectivity index (χ0v) is 13.5. The van der Waals surface area contributed by atoms with E-state index in [-0.39, 0.29) is 11.9 Å². The lowest BCUT2D eigenvalue weighted by Crippen LogP contribution is -2.54. The second-order valence-corrected chi connectivity index (χ2v) is 7.19. The van der Waals surface area contributed by atoms with Gasteiger partial charge < -0.3 is 20.7 Å². The van der Waals surface area contributed by atoms with Crippen molar-refractivity contribution in [1.29, 1.82) is 5.26 Å². The second kappa shape index (κ2) is 5.77. The number of nitrogens with zero attached hydrogens (tertiary/aromatic N) is 6. The Morgan fingerprint density at radius 2 is 2.42 bits per heavy atom. The molecular weight excluding hydrogens is 334 g/mol. The smallest absolute Gasteiger partial charge is 0.203 e. The second-order valence-electron chi connectivity index (χ2n) is 5.81. The van der Waals surface area contributed by atoms with Crippen LogP contribution in [0.3, 0.4) is 0 Å². The third kappa shape index (κ3) is 2.05. The molecule has 1 fully saturated rings. The van der Waals surface area contributed by atoms with Gasteiger partial charge in [0.25, 0.3) is 0 Å². The number of nitrogens with two attached hydrogens (primary N) is 1. The van der Waals surface area contributed by atoms with Crippen LogP contribution < -0.4 is 5.73 Å². The average molecular weight is 349 g/mol. The standard InChI is InChI=1S/C13H15N7O3S/c1-6-7(8-9(24-6)10(15)18-5-17-8)13(19-20-16)4-23-12(2-14,3-21)11(13)22/h5-7,11,21-22H,3-4H2,1H3,(H2,15,17,18)/t6?,7?,11-,12-,13-/m1/s1. The number of anilines is 1. The highest BCUT2D eigenvalue weighted by Crippen LogP contribution is 2.56. The molecule has 0 aromatic carbocycles. The SMILES string of the molecule is CC1Sc2c(N)ncnc2C1[C@]1(N=[N+]=[N-])CO[C@](C#N)(CO)[C@H]1O. The summed E-state index contributed by atoms with van der Waals surface area (Å²) in [5, 5.41) is 33.4. The Labute approximate surface area is 141 Å². The molecule has 3 rings (SSSR count). The summed E-state index contributed by atoms with van der Waals surface area (Å²) >= 11 is 1.41. The molecule has 0 saturated carbocycles. The Hall–Kier alpha value is -2.09. The van der Waals surface area contributed by atoms with E-state index in [0.717, 1.165) is 0 Å². The first-order valence-electron chi connectivity index (χ1n) is 7.13. The van der Waals surface area contributed by atoms with Gasteiger partial charge in [-0.05, 0) is 5.53 Å². The van der Waals surface area contributed by atoms with Gasteiger partial charge in [0.05, 0.1) is 23.8 Å². The quantitative estimate of drug-likeness (QED) is 0.397. The van der Waals surface area contributed by atoms with E-state index in [4.69, 9.17) is 16.0 Å². The molecule has 126 valence electrons. The number of aliphatic hydroxyl groups is 2. The zero-order chi connectivity index (χ0) is 17.5. The Bertz CT molecular complexity index is 764. The van der Waals surface area contributed by atoms with Crippen LogP contribution in [-0.2, 0) is 4.74 Å². The van der Waals surface area contributed by atoms with Crippen molar-refractivity contribution in [3.63, 3.8) is 0 Å². The summed E-state index contributed by atoms with van der Waals surface area (Å²) in [5.41, 5.74) is 12.2. The minimum Gasteiger partial charge on any atom is -0.392 e. The first-order valence-corrected chi connectivity index (χ1v) is 8.01. The fourth-order valence-corrected chi connectivity index (χ4v) is 4.77. The first-order chi connectivity index (χ1) is 11.5. The maximum atomic E-state index is 10.8. The fourth-order valence-electron chi connectivity index (χ4n) is 3.42. The van der Waals surface area contributed by atoms with E-state index in [1.807, 2.05) is 6.92 Å². The molecule has 3 heterocycles. The topological polar surface area (TPSA) is 174 Å². The number of hydrogen-bond donors (Lipinski definition) is 3. The van der Waals surface area contributed by atoms with Crippen LogP contribution in [0.15, 0.2) is 16.3 Å². The molecule has 11 heteroatoms. The lowest BCUT2D eigenvalue weighted by molar-refractivity contribution is -0.0531. The molecular formula is C13H15N7O3S. The summed E-state index contributed by atoms with van der Waals surface area (Å²) in [7, 11) is 0. The van der Waals surface area contributed by atoms with Gasteiger partial charge in [-0.1, -0.05) is 12.0 Å². The molecule has 1 aromatic rings. The van der Waals surface area contributed by atoms with Crippen LogP contribution in [0, 0.1) is 11.3 Å². The summed E-state index contributed by atoms with van der Waals surface area (Å²) in [4.78, 5) is 11.7. The molecule has 24 heavy (non-hydrogen) atoms. The van der Waals surface area contributed by atoms with Crippen LogP contribution >= 0.6 is 11.8 Å². The van der Waals surface area contributed by atoms with E-state index in [1.54, 1.807) is 6.07 Å². The normalized spacial score (nSPS) is 37.5. The van der Waals surface area contributed by atoms with Gasteiger partial charge >= 0.3 is 0 Å². The summed E-state index contributed by atoms with van der Waals surface area (Å²) < 4.78 is 5.42. The molecule has 2 aliphatic rings. The number of ether oxygens (including phenoxy) is 1. The van der Waals surface area contributed by atoms with Crippen LogP contribution in [0.1, 0.15) is 18.5 Å². The van der Waals surface area contributed by atoms with Gasteiger partial charge in [0.1, 0.15) is 29.9 Å². The third-order valence-corrected chi connectivity index (χ3v) is 5.89. The van der Waals surface area contributed by atoms with E-state index >= 15 is 0 Å². The van der Waals surface area contributed by atoms with E-state index in [2.05, 4.69) is 20.0 Å². The highest BCUT2D eigenvalue weighted by molar-refractivity contribution is 8.00. The van der Waals surface area contributed by atoms with E-state index in [9.17, 15) is 15.5 Å². The zero-order valence-electron chi connectivity index (χ0n) is 12.7. The van der Waals surface area contributed by atoms with E-state index in [1.165, 1.54) is 18.1 Å². The Morgan fingerprint density at radius 3 is 3.00 bits per heavy atom. The molecule has 0 amide bonds. The number of aliphatic hydroxyl groups excluding tert-OH is 2. The highest BCUT2D eigenvalue weighted by Gasteiger charge is 2.64. The molecule has 0 radical (unpaired) electrons. The summed E-state index contributed by atoms with van der Waals surface area (Å²) in [6.07, 6.45) is -0.221. The summed E-state index contributed by atoms with van der Waals surface area (Å²) in [6.45, 7) is 0.939. The van der Waals surface area contributed by atoms with Gasteiger partial charge in [0.15, 0.2) is 0 Å². The molecule has 10 nitrogen and oxygen atoms in total. The number of azide groups is 1. The largest absolute Gasteiger partial charge is 0.392 e. The molecule has 0 spiro atoms. The number of nitriles is 1. The van der Waals surface area contributed by atoms with Crippen molar-refractivity contribution < 1.29 is 14.9 Å². The van der Waals surface area contributed by atoms with Gasteiger partial charge in [0.2, 0.25) is 5.60 Å². The number of hydrogen-bond acceptors (Lipinski definition) is 9. The monoisotopic (exact) mass is 349 g/mol. The third-order valence-electron chi connectivity index (χ3n) is 4.60. The molecule has 0 bridgehead atoms. The maximum absolute atomic E-state index is 10.8. The number of rotatable bonds is 3. The van der Waals surface area contributed by atoms with Crippen molar-refractivity contribution in [2.24, 2.45) is 5.11 Å². The van der Waals surface area contributed by atoms with Crippen molar-refractivity contribution in [2.45, 2.75) is 40.2 Å². The number of nitrogen functional groups attached to an aromatic ring is 1. The van der Waals surface area contributed by atoms with Crippen molar-refractivity contribution >= 4 is 17.6 Å². The summed E-state index contributed by atoms with van der Waals surface area (Å²) in [5.74, 6) is -0.243. The first kappa shape index (κ1) is 16.8. The van der Waals surface area contributed by atoms with Crippen LogP contribution in [0.25, 0.3) is 10.4 Å². The van der Waals surface area contributed by atoms with Crippen molar-refractivity contribution in [3.05, 3.63) is 22.5 Å². The van der Waals surface area contributed by atoms with Gasteiger partial charge in [-0.15, -0.1) is 11.8 Å². The van der Waals surface area contributed by atoms with Gasteiger partial charge in [-0.2, -0.15) is 5.26 Å². The average Bonchev–Trinajstić information content (AvgIpc) is 3.05. The Kier molecular flexibility index (Phi) is 4.03. The molecule has 1 aromatic heterocycles. The van der Waals surface area contributed by atoms with Gasteiger partial charge in [-0.3, -0.25) is 0 Å². The predicted molar refractivity (Wildman–Crippen MR) is 83.8 cm³/mol. The van der Waals surface area contributed by atoms with Crippen LogP contribution in [0.4, 0.5) is 5.82 Å². The molecule has 1 saturated heterocycles. The Balaban J connectivity index is 2.17. The molecule has 2 unspecified atom stereocenters. The number of thioether (sulfide) groups is 1. The summed E-state index contributed by atoms with van der Waals surface area (Å²) in [6, 6.07) is 1.79. The highest BCUT2D eigenvalue weighted by atomic mass is 32.2. The van der Waals surface area contributed by atoms with Crippen molar-refractivity contribution in [1.82, 2.24) is 9.97 Å². The van der Waals surface area contributed by atoms with Crippen molar-refractivity contribution in [3.8, 4) is 6.07 Å². The van der Waals surface area contributed by atoms with Crippen LogP contribution in [0.2, 0.25) is 0 Å².